The first kappa shape index (κ1) is 19.5. The lowest BCUT2D eigenvalue weighted by molar-refractivity contribution is -0.119. The minimum atomic E-state index is -0.265. The number of hydrogen-bond donors (Lipinski definition) is 2. The molecule has 0 atom stereocenters. The van der Waals surface area contributed by atoms with Crippen molar-refractivity contribution in [2.75, 3.05) is 11.9 Å². The van der Waals surface area contributed by atoms with E-state index in [1.54, 1.807) is 18.3 Å². The highest BCUT2D eigenvalue weighted by atomic mass is 35.5. The predicted molar refractivity (Wildman–Crippen MR) is 113 cm³/mol. The number of hydrogen-bond acceptors (Lipinski definition) is 4. The standard InChI is InChI=1S/C22H20ClN3O2/c23-20-8-4-5-9-21(20)24-15-22(27)26-25-14-17-10-12-19(13-11-17)28-16-18-6-2-1-3-7-18/h1-14,24H,15-16H2,(H,26,27)/b25-14+. The molecule has 0 aliphatic rings. The largest absolute Gasteiger partial charge is 0.489 e. The van der Waals surface area contributed by atoms with E-state index in [0.29, 0.717) is 17.3 Å². The number of anilines is 1. The van der Waals surface area contributed by atoms with Crippen molar-refractivity contribution in [3.05, 3.63) is 95.0 Å². The van der Waals surface area contributed by atoms with Crippen LogP contribution in [0.3, 0.4) is 0 Å². The second kappa shape index (κ2) is 10.1. The summed E-state index contributed by atoms with van der Waals surface area (Å²) < 4.78 is 5.74. The highest BCUT2D eigenvalue weighted by Crippen LogP contribution is 2.19. The molecule has 3 rings (SSSR count). The number of carbonyl (C=O) groups is 1. The Kier molecular flexibility index (Phi) is 7.04. The maximum Gasteiger partial charge on any atom is 0.259 e. The molecule has 0 unspecified atom stereocenters. The van der Waals surface area contributed by atoms with Gasteiger partial charge < -0.3 is 10.1 Å². The molecule has 0 aliphatic carbocycles. The third kappa shape index (κ3) is 6.14. The van der Waals surface area contributed by atoms with Gasteiger partial charge in [-0.3, -0.25) is 4.79 Å². The zero-order chi connectivity index (χ0) is 19.6. The van der Waals surface area contributed by atoms with Crippen LogP contribution < -0.4 is 15.5 Å². The van der Waals surface area contributed by atoms with Crippen molar-refractivity contribution in [3.63, 3.8) is 0 Å². The Morgan fingerprint density at radius 3 is 2.43 bits per heavy atom. The highest BCUT2D eigenvalue weighted by Gasteiger charge is 2.02. The number of hydrazone groups is 1. The number of nitrogens with zero attached hydrogens (tertiary/aromatic N) is 1. The zero-order valence-corrected chi connectivity index (χ0v) is 15.9. The van der Waals surface area contributed by atoms with E-state index in [1.165, 1.54) is 0 Å². The second-order valence-corrected chi connectivity index (χ2v) is 6.38. The van der Waals surface area contributed by atoms with Crippen molar-refractivity contribution in [1.82, 2.24) is 5.43 Å². The third-order valence-electron chi connectivity index (χ3n) is 3.84. The fourth-order valence-corrected chi connectivity index (χ4v) is 2.59. The van der Waals surface area contributed by atoms with Gasteiger partial charge in [0.1, 0.15) is 12.4 Å². The van der Waals surface area contributed by atoms with Crippen molar-refractivity contribution in [2.45, 2.75) is 6.61 Å². The Morgan fingerprint density at radius 2 is 1.68 bits per heavy atom. The van der Waals surface area contributed by atoms with Crippen LogP contribution in [0.5, 0.6) is 5.75 Å². The molecular formula is C22H20ClN3O2. The molecule has 0 heterocycles. The van der Waals surface area contributed by atoms with Gasteiger partial charge in [-0.15, -0.1) is 0 Å². The van der Waals surface area contributed by atoms with E-state index >= 15 is 0 Å². The first-order valence-electron chi connectivity index (χ1n) is 8.78. The lowest BCUT2D eigenvalue weighted by Crippen LogP contribution is -2.25. The van der Waals surface area contributed by atoms with Crippen molar-refractivity contribution in [2.24, 2.45) is 5.10 Å². The molecule has 0 aromatic heterocycles. The molecule has 0 saturated heterocycles. The summed E-state index contributed by atoms with van der Waals surface area (Å²) in [6.45, 7) is 0.593. The lowest BCUT2D eigenvalue weighted by Gasteiger charge is -2.07. The Hall–Kier alpha value is -3.31. The van der Waals surface area contributed by atoms with Crippen LogP contribution in [-0.2, 0) is 11.4 Å². The third-order valence-corrected chi connectivity index (χ3v) is 4.17. The number of carbonyl (C=O) groups excluding carboxylic acids is 1. The first-order valence-corrected chi connectivity index (χ1v) is 9.15. The Morgan fingerprint density at radius 1 is 0.964 bits per heavy atom. The van der Waals surface area contributed by atoms with E-state index in [-0.39, 0.29) is 12.5 Å². The van der Waals surface area contributed by atoms with E-state index in [9.17, 15) is 4.79 Å². The number of rotatable bonds is 8. The van der Waals surface area contributed by atoms with Crippen LogP contribution in [0, 0.1) is 0 Å². The van der Waals surface area contributed by atoms with Gasteiger partial charge in [-0.2, -0.15) is 5.10 Å². The van der Waals surface area contributed by atoms with Crippen LogP contribution in [0.1, 0.15) is 11.1 Å². The monoisotopic (exact) mass is 393 g/mol. The van der Waals surface area contributed by atoms with Crippen molar-refractivity contribution in [1.29, 1.82) is 0 Å². The summed E-state index contributed by atoms with van der Waals surface area (Å²) in [5, 5.41) is 7.49. The summed E-state index contributed by atoms with van der Waals surface area (Å²) in [5.74, 6) is 0.507. The fraction of sp³-hybridized carbons (Fsp3) is 0.0909. The maximum absolute atomic E-state index is 11.8. The molecule has 142 valence electrons. The summed E-state index contributed by atoms with van der Waals surface area (Å²) in [4.78, 5) is 11.8. The SMILES string of the molecule is O=C(CNc1ccccc1Cl)N/N=C/c1ccc(OCc2ccccc2)cc1. The van der Waals surface area contributed by atoms with E-state index in [1.807, 2.05) is 66.7 Å². The molecule has 0 bridgehead atoms. The summed E-state index contributed by atoms with van der Waals surface area (Å²) in [5.41, 5.74) is 5.14. The number of ether oxygens (including phenoxy) is 1. The van der Waals surface area contributed by atoms with E-state index < -0.39 is 0 Å². The molecule has 6 heteroatoms. The molecule has 3 aromatic carbocycles. The van der Waals surface area contributed by atoms with Gasteiger partial charge in [-0.05, 0) is 47.5 Å². The minimum absolute atomic E-state index is 0.0767. The number of benzene rings is 3. The summed E-state index contributed by atoms with van der Waals surface area (Å²) >= 11 is 6.03. The summed E-state index contributed by atoms with van der Waals surface area (Å²) in [7, 11) is 0. The van der Waals surface area contributed by atoms with Gasteiger partial charge >= 0.3 is 0 Å². The average Bonchev–Trinajstić information content (AvgIpc) is 2.73. The maximum atomic E-state index is 11.8. The van der Waals surface area contributed by atoms with Gasteiger partial charge in [0, 0.05) is 0 Å². The summed E-state index contributed by atoms with van der Waals surface area (Å²) in [6.07, 6.45) is 1.58. The minimum Gasteiger partial charge on any atom is -0.489 e. The van der Waals surface area contributed by atoms with Gasteiger partial charge in [0.15, 0.2) is 0 Å². The van der Waals surface area contributed by atoms with E-state index in [4.69, 9.17) is 16.3 Å². The molecule has 2 N–H and O–H groups in total. The summed E-state index contributed by atoms with van der Waals surface area (Å²) in [6, 6.07) is 24.7. The molecule has 28 heavy (non-hydrogen) atoms. The van der Waals surface area contributed by atoms with Gasteiger partial charge in [0.05, 0.1) is 23.5 Å². The van der Waals surface area contributed by atoms with Gasteiger partial charge in [-0.1, -0.05) is 54.1 Å². The van der Waals surface area contributed by atoms with Crippen LogP contribution >= 0.6 is 11.6 Å². The fourth-order valence-electron chi connectivity index (χ4n) is 2.39. The van der Waals surface area contributed by atoms with Crippen LogP contribution in [0.15, 0.2) is 84.0 Å². The van der Waals surface area contributed by atoms with Gasteiger partial charge in [-0.25, -0.2) is 5.43 Å². The zero-order valence-electron chi connectivity index (χ0n) is 15.1. The van der Waals surface area contributed by atoms with Crippen LogP contribution in [0.25, 0.3) is 0 Å². The molecule has 0 spiro atoms. The Bertz CT molecular complexity index is 928. The Balaban J connectivity index is 1.42. The van der Waals surface area contributed by atoms with Crippen molar-refractivity contribution >= 4 is 29.4 Å². The predicted octanol–water partition coefficient (Wildman–Crippen LogP) is 4.48. The van der Waals surface area contributed by atoms with Crippen LogP contribution in [0.4, 0.5) is 5.69 Å². The molecule has 0 aliphatic heterocycles. The topological polar surface area (TPSA) is 62.7 Å². The van der Waals surface area contributed by atoms with Gasteiger partial charge in [0.25, 0.3) is 5.91 Å². The number of halogens is 1. The van der Waals surface area contributed by atoms with Crippen LogP contribution in [-0.4, -0.2) is 18.7 Å². The smallest absolute Gasteiger partial charge is 0.259 e. The highest BCUT2D eigenvalue weighted by molar-refractivity contribution is 6.33. The normalized spacial score (nSPS) is 10.6. The van der Waals surface area contributed by atoms with Crippen molar-refractivity contribution in [3.8, 4) is 5.75 Å². The molecule has 0 saturated carbocycles. The molecule has 5 nitrogen and oxygen atoms in total. The van der Waals surface area contributed by atoms with Crippen molar-refractivity contribution < 1.29 is 9.53 Å². The molecule has 1 amide bonds. The number of amides is 1. The molecule has 0 fully saturated rings. The Labute approximate surface area is 169 Å². The van der Waals surface area contributed by atoms with E-state index in [2.05, 4.69) is 15.8 Å². The number of nitrogens with one attached hydrogen (secondary N) is 2. The first-order chi connectivity index (χ1) is 13.7. The number of para-hydroxylation sites is 1. The molecular weight excluding hydrogens is 374 g/mol. The second-order valence-electron chi connectivity index (χ2n) is 5.97. The van der Waals surface area contributed by atoms with Gasteiger partial charge in [0.2, 0.25) is 0 Å². The quantitative estimate of drug-likeness (QED) is 0.438. The van der Waals surface area contributed by atoms with Crippen LogP contribution in [0.2, 0.25) is 5.02 Å². The average molecular weight is 394 g/mol. The molecule has 0 radical (unpaired) electrons. The van der Waals surface area contributed by atoms with E-state index in [0.717, 1.165) is 16.9 Å². The lowest BCUT2D eigenvalue weighted by atomic mass is 10.2. The molecule has 3 aromatic rings.